The Morgan fingerprint density at radius 3 is 2.48 bits per heavy atom. The van der Waals surface area contributed by atoms with Crippen molar-refractivity contribution in [2.24, 2.45) is 0 Å². The molecule has 3 aromatic carbocycles. The van der Waals surface area contributed by atoms with Gasteiger partial charge >= 0.3 is 6.03 Å². The first-order valence-electron chi connectivity index (χ1n) is 9.35. The number of nitrogens with zero attached hydrogens (tertiary/aromatic N) is 1. The molecule has 2 N–H and O–H groups in total. The molecular weight excluding hydrogens is 378 g/mol. The molecule has 4 rings (SSSR count). The van der Waals surface area contributed by atoms with Crippen LogP contribution in [0.15, 0.2) is 78.2 Å². The number of urea groups is 1. The zero-order valence-electron chi connectivity index (χ0n) is 16.3. The molecule has 0 bridgehead atoms. The van der Waals surface area contributed by atoms with E-state index in [9.17, 15) is 4.79 Å². The van der Waals surface area contributed by atoms with Crippen molar-refractivity contribution in [1.29, 1.82) is 0 Å². The minimum Gasteiger partial charge on any atom is -0.308 e. The summed E-state index contributed by atoms with van der Waals surface area (Å²) in [4.78, 5) is 17.2. The van der Waals surface area contributed by atoms with Gasteiger partial charge in [0.1, 0.15) is 5.01 Å². The Labute approximate surface area is 174 Å². The SMILES string of the molecule is Cc1ccc(C)c(NC(=O)Nc2cccc(-c3csc(-c4ccccc4)n3)c2)c1. The van der Waals surface area contributed by atoms with E-state index in [0.29, 0.717) is 0 Å². The molecule has 0 radical (unpaired) electrons. The van der Waals surface area contributed by atoms with Crippen LogP contribution in [0.4, 0.5) is 16.2 Å². The maximum atomic E-state index is 12.4. The number of carbonyl (C=O) groups excluding carboxylic acids is 1. The second-order valence-electron chi connectivity index (χ2n) is 6.88. The highest BCUT2D eigenvalue weighted by Gasteiger charge is 2.09. The van der Waals surface area contributed by atoms with E-state index in [1.807, 2.05) is 79.9 Å². The first kappa shape index (κ1) is 18.9. The fourth-order valence-corrected chi connectivity index (χ4v) is 3.87. The third-order valence-electron chi connectivity index (χ3n) is 4.58. The van der Waals surface area contributed by atoms with Crippen LogP contribution in [0.3, 0.4) is 0 Å². The van der Waals surface area contributed by atoms with Gasteiger partial charge in [0.15, 0.2) is 0 Å². The molecule has 5 heteroatoms. The van der Waals surface area contributed by atoms with E-state index in [0.717, 1.165) is 44.3 Å². The van der Waals surface area contributed by atoms with Crippen LogP contribution < -0.4 is 10.6 Å². The Kier molecular flexibility index (Phi) is 5.40. The number of thiazole rings is 1. The van der Waals surface area contributed by atoms with Gasteiger partial charge in [0.05, 0.1) is 5.69 Å². The minimum atomic E-state index is -0.265. The number of aryl methyl sites for hydroxylation is 2. The Morgan fingerprint density at radius 1 is 0.862 bits per heavy atom. The Hall–Kier alpha value is -3.44. The molecule has 0 saturated carbocycles. The molecule has 0 saturated heterocycles. The number of benzene rings is 3. The van der Waals surface area contributed by atoms with Crippen LogP contribution in [-0.2, 0) is 0 Å². The van der Waals surface area contributed by atoms with Crippen LogP contribution in [0, 0.1) is 13.8 Å². The van der Waals surface area contributed by atoms with Crippen molar-refractivity contribution in [2.75, 3.05) is 10.6 Å². The van der Waals surface area contributed by atoms with Gasteiger partial charge in [-0.15, -0.1) is 11.3 Å². The smallest absolute Gasteiger partial charge is 0.308 e. The maximum absolute atomic E-state index is 12.4. The Bertz CT molecular complexity index is 1150. The normalized spacial score (nSPS) is 10.6. The van der Waals surface area contributed by atoms with Crippen LogP contribution in [0.5, 0.6) is 0 Å². The van der Waals surface area contributed by atoms with Crippen molar-refractivity contribution in [3.63, 3.8) is 0 Å². The summed E-state index contributed by atoms with van der Waals surface area (Å²) in [7, 11) is 0. The predicted molar refractivity (Wildman–Crippen MR) is 122 cm³/mol. The first-order valence-corrected chi connectivity index (χ1v) is 10.2. The number of amides is 2. The van der Waals surface area contributed by atoms with Crippen molar-refractivity contribution in [2.45, 2.75) is 13.8 Å². The molecule has 4 aromatic rings. The third-order valence-corrected chi connectivity index (χ3v) is 5.47. The first-order chi connectivity index (χ1) is 14.1. The van der Waals surface area contributed by atoms with E-state index >= 15 is 0 Å². The van der Waals surface area contributed by atoms with Crippen LogP contribution >= 0.6 is 11.3 Å². The molecule has 1 heterocycles. The molecule has 4 nitrogen and oxygen atoms in total. The Balaban J connectivity index is 1.50. The summed E-state index contributed by atoms with van der Waals surface area (Å²) >= 11 is 1.61. The van der Waals surface area contributed by atoms with Crippen molar-refractivity contribution >= 4 is 28.7 Å². The van der Waals surface area contributed by atoms with Gasteiger partial charge < -0.3 is 10.6 Å². The lowest BCUT2D eigenvalue weighted by atomic mass is 10.1. The molecule has 29 heavy (non-hydrogen) atoms. The fourth-order valence-electron chi connectivity index (χ4n) is 3.03. The topological polar surface area (TPSA) is 54.0 Å². The molecule has 0 atom stereocenters. The van der Waals surface area contributed by atoms with Crippen molar-refractivity contribution in [3.05, 3.63) is 89.3 Å². The highest BCUT2D eigenvalue weighted by atomic mass is 32.1. The van der Waals surface area contributed by atoms with Gasteiger partial charge in [-0.1, -0.05) is 54.6 Å². The number of carbonyl (C=O) groups is 1. The summed E-state index contributed by atoms with van der Waals surface area (Å²) in [5, 5.41) is 8.85. The van der Waals surface area contributed by atoms with Gasteiger partial charge in [0, 0.05) is 27.9 Å². The number of hydrogen-bond acceptors (Lipinski definition) is 3. The zero-order valence-corrected chi connectivity index (χ0v) is 17.1. The van der Waals surface area contributed by atoms with Gasteiger partial charge in [0.2, 0.25) is 0 Å². The highest BCUT2D eigenvalue weighted by molar-refractivity contribution is 7.13. The number of aromatic nitrogens is 1. The van der Waals surface area contributed by atoms with Gasteiger partial charge in [-0.05, 0) is 43.2 Å². The predicted octanol–water partition coefficient (Wildman–Crippen LogP) is 6.74. The summed E-state index contributed by atoms with van der Waals surface area (Å²) < 4.78 is 0. The summed E-state index contributed by atoms with van der Waals surface area (Å²) in [5.41, 5.74) is 6.62. The Morgan fingerprint density at radius 2 is 1.66 bits per heavy atom. The lowest BCUT2D eigenvalue weighted by Crippen LogP contribution is -2.20. The molecule has 0 aliphatic rings. The van der Waals surface area contributed by atoms with Crippen molar-refractivity contribution < 1.29 is 4.79 Å². The summed E-state index contributed by atoms with van der Waals surface area (Å²) in [5.74, 6) is 0. The van der Waals surface area contributed by atoms with E-state index < -0.39 is 0 Å². The molecular formula is C24H21N3OS. The van der Waals surface area contributed by atoms with Gasteiger partial charge in [0.25, 0.3) is 0 Å². The summed E-state index contributed by atoms with van der Waals surface area (Å²) in [6, 6.07) is 23.6. The van der Waals surface area contributed by atoms with Gasteiger partial charge in [-0.2, -0.15) is 0 Å². The standard InChI is InChI=1S/C24H21N3OS/c1-16-11-12-17(2)21(13-16)27-24(28)25-20-10-6-9-19(14-20)22-15-29-23(26-22)18-7-4-3-5-8-18/h3-15H,1-2H3,(H2,25,27,28). The van der Waals surface area contributed by atoms with E-state index in [-0.39, 0.29) is 6.03 Å². The van der Waals surface area contributed by atoms with E-state index in [2.05, 4.69) is 22.8 Å². The molecule has 1 aromatic heterocycles. The molecule has 0 spiro atoms. The molecule has 0 unspecified atom stereocenters. The lowest BCUT2D eigenvalue weighted by Gasteiger charge is -2.11. The number of anilines is 2. The second kappa shape index (κ2) is 8.29. The van der Waals surface area contributed by atoms with Crippen molar-refractivity contribution in [3.8, 4) is 21.8 Å². The molecule has 2 amide bonds. The van der Waals surface area contributed by atoms with Gasteiger partial charge in [-0.25, -0.2) is 9.78 Å². The average Bonchev–Trinajstić information content (AvgIpc) is 3.22. The molecule has 0 fully saturated rings. The average molecular weight is 400 g/mol. The van der Waals surface area contributed by atoms with Crippen LogP contribution in [0.2, 0.25) is 0 Å². The van der Waals surface area contributed by atoms with Crippen molar-refractivity contribution in [1.82, 2.24) is 4.98 Å². The summed E-state index contributed by atoms with van der Waals surface area (Å²) in [6.07, 6.45) is 0. The third kappa shape index (κ3) is 4.52. The fraction of sp³-hybridized carbons (Fsp3) is 0.0833. The largest absolute Gasteiger partial charge is 0.323 e. The monoisotopic (exact) mass is 399 g/mol. The number of rotatable bonds is 4. The number of nitrogens with one attached hydrogen (secondary N) is 2. The van der Waals surface area contributed by atoms with Crippen LogP contribution in [0.1, 0.15) is 11.1 Å². The van der Waals surface area contributed by atoms with Gasteiger partial charge in [-0.3, -0.25) is 0 Å². The second-order valence-corrected chi connectivity index (χ2v) is 7.74. The van der Waals surface area contributed by atoms with Crippen LogP contribution in [-0.4, -0.2) is 11.0 Å². The van der Waals surface area contributed by atoms with E-state index in [4.69, 9.17) is 4.98 Å². The van der Waals surface area contributed by atoms with E-state index in [1.165, 1.54) is 0 Å². The molecule has 0 aliphatic heterocycles. The maximum Gasteiger partial charge on any atom is 0.323 e. The van der Waals surface area contributed by atoms with E-state index in [1.54, 1.807) is 11.3 Å². The zero-order chi connectivity index (χ0) is 20.2. The minimum absolute atomic E-state index is 0.265. The quantitative estimate of drug-likeness (QED) is 0.399. The molecule has 144 valence electrons. The highest BCUT2D eigenvalue weighted by Crippen LogP contribution is 2.30. The lowest BCUT2D eigenvalue weighted by molar-refractivity contribution is 0.262. The molecule has 0 aliphatic carbocycles. The summed E-state index contributed by atoms with van der Waals surface area (Å²) in [6.45, 7) is 3.98. The number of hydrogen-bond donors (Lipinski definition) is 2. The van der Waals surface area contributed by atoms with Crippen LogP contribution in [0.25, 0.3) is 21.8 Å².